The van der Waals surface area contributed by atoms with Crippen LogP contribution < -0.4 is 4.74 Å². The molecule has 0 aromatic heterocycles. The van der Waals surface area contributed by atoms with Gasteiger partial charge in [0.2, 0.25) is 0 Å². The van der Waals surface area contributed by atoms with Gasteiger partial charge in [-0.2, -0.15) is 0 Å². The summed E-state index contributed by atoms with van der Waals surface area (Å²) in [5.74, 6) is -0.174. The van der Waals surface area contributed by atoms with Gasteiger partial charge in [-0.15, -0.1) is 0 Å². The zero-order valence-electron chi connectivity index (χ0n) is 11.4. The smallest absolute Gasteiger partial charge is 0.343 e. The number of ketones is 1. The fourth-order valence-electron chi connectivity index (χ4n) is 1.72. The van der Waals surface area contributed by atoms with Crippen molar-refractivity contribution in [2.24, 2.45) is 0 Å². The molecule has 0 fully saturated rings. The van der Waals surface area contributed by atoms with Crippen LogP contribution in [0.1, 0.15) is 15.9 Å². The number of ether oxygens (including phenoxy) is 2. The highest BCUT2D eigenvalue weighted by molar-refractivity contribution is 6.09. The molecule has 2 rings (SSSR count). The summed E-state index contributed by atoms with van der Waals surface area (Å²) in [6, 6.07) is 12.5. The minimum Gasteiger partial charge on any atom is -0.508 e. The van der Waals surface area contributed by atoms with Crippen molar-refractivity contribution in [1.29, 1.82) is 0 Å². The van der Waals surface area contributed by atoms with Gasteiger partial charge in [-0.1, -0.05) is 12.1 Å². The number of methoxy groups -OCH3 is 1. The van der Waals surface area contributed by atoms with Crippen LogP contribution in [0.4, 0.5) is 0 Å². The number of phenolic OH excluding ortho intramolecular Hbond substituents is 1. The third-order valence-electron chi connectivity index (χ3n) is 2.81. The number of aromatic hydroxyl groups is 1. The van der Waals surface area contributed by atoms with E-state index in [9.17, 15) is 14.7 Å². The van der Waals surface area contributed by atoms with Crippen molar-refractivity contribution in [3.63, 3.8) is 0 Å². The van der Waals surface area contributed by atoms with E-state index in [1.165, 1.54) is 19.2 Å². The summed E-state index contributed by atoms with van der Waals surface area (Å²) in [7, 11) is 1.28. The largest absolute Gasteiger partial charge is 0.508 e. The number of benzene rings is 2. The Kier molecular flexibility index (Phi) is 4.56. The molecule has 5 heteroatoms. The number of carbonyl (C=O) groups is 2. The van der Waals surface area contributed by atoms with Crippen LogP contribution in [0, 0.1) is 0 Å². The number of rotatable bonds is 5. The molecule has 0 bridgehead atoms. The lowest BCUT2D eigenvalue weighted by atomic mass is 10.0. The predicted octanol–water partition coefficient (Wildman–Crippen LogP) is 2.17. The van der Waals surface area contributed by atoms with Crippen LogP contribution in [0.15, 0.2) is 48.5 Å². The normalized spacial score (nSPS) is 9.95. The number of phenols is 1. The molecular formula is C16H14O5. The molecule has 0 heterocycles. The van der Waals surface area contributed by atoms with Gasteiger partial charge >= 0.3 is 5.97 Å². The summed E-state index contributed by atoms with van der Waals surface area (Å²) < 4.78 is 9.65. The molecule has 21 heavy (non-hydrogen) atoms. The van der Waals surface area contributed by atoms with Gasteiger partial charge in [-0.25, -0.2) is 4.79 Å². The third kappa shape index (κ3) is 3.82. The third-order valence-corrected chi connectivity index (χ3v) is 2.81. The van der Waals surface area contributed by atoms with Gasteiger partial charge in [0.25, 0.3) is 0 Å². The Labute approximate surface area is 121 Å². The maximum atomic E-state index is 12.2. The van der Waals surface area contributed by atoms with Crippen molar-refractivity contribution >= 4 is 11.8 Å². The van der Waals surface area contributed by atoms with E-state index < -0.39 is 5.97 Å². The molecule has 0 atom stereocenters. The minimum absolute atomic E-state index is 0.0406. The van der Waals surface area contributed by atoms with Crippen molar-refractivity contribution in [2.45, 2.75) is 0 Å². The quantitative estimate of drug-likeness (QED) is 0.673. The Morgan fingerprint density at radius 1 is 1.05 bits per heavy atom. The molecular weight excluding hydrogens is 272 g/mol. The summed E-state index contributed by atoms with van der Waals surface area (Å²) in [6.07, 6.45) is 0. The number of esters is 1. The molecule has 0 spiro atoms. The van der Waals surface area contributed by atoms with E-state index in [2.05, 4.69) is 4.74 Å². The van der Waals surface area contributed by atoms with E-state index in [0.717, 1.165) is 0 Å². The first-order chi connectivity index (χ1) is 10.1. The molecule has 0 saturated carbocycles. The fraction of sp³-hybridized carbons (Fsp3) is 0.125. The summed E-state index contributed by atoms with van der Waals surface area (Å²) in [5.41, 5.74) is 0.865. The van der Waals surface area contributed by atoms with Gasteiger partial charge in [-0.3, -0.25) is 4.79 Å². The van der Waals surface area contributed by atoms with Crippen molar-refractivity contribution in [3.05, 3.63) is 59.7 Å². The molecule has 108 valence electrons. The fourth-order valence-corrected chi connectivity index (χ4v) is 1.72. The molecule has 0 unspecified atom stereocenters. The highest BCUT2D eigenvalue weighted by Gasteiger charge is 2.10. The van der Waals surface area contributed by atoms with E-state index in [1.54, 1.807) is 36.4 Å². The zero-order chi connectivity index (χ0) is 15.2. The minimum atomic E-state index is -0.477. The standard InChI is InChI=1S/C16H14O5/c1-20-15(18)10-21-14-7-5-11(6-8-14)16(19)12-3-2-4-13(17)9-12/h2-9,17H,10H2,1H3. The maximum Gasteiger partial charge on any atom is 0.343 e. The van der Waals surface area contributed by atoms with Crippen LogP contribution in [0.5, 0.6) is 11.5 Å². The Morgan fingerprint density at radius 2 is 1.76 bits per heavy atom. The van der Waals surface area contributed by atoms with E-state index in [0.29, 0.717) is 16.9 Å². The molecule has 0 aliphatic rings. The second-order valence-electron chi connectivity index (χ2n) is 4.27. The lowest BCUT2D eigenvalue weighted by molar-refractivity contribution is -0.142. The first kappa shape index (κ1) is 14.6. The monoisotopic (exact) mass is 286 g/mol. The molecule has 0 radical (unpaired) electrons. The van der Waals surface area contributed by atoms with Crippen molar-refractivity contribution < 1.29 is 24.2 Å². The second kappa shape index (κ2) is 6.56. The molecule has 1 N–H and O–H groups in total. The Bertz CT molecular complexity index is 646. The second-order valence-corrected chi connectivity index (χ2v) is 4.27. The maximum absolute atomic E-state index is 12.2. The molecule has 0 amide bonds. The van der Waals surface area contributed by atoms with Crippen molar-refractivity contribution in [3.8, 4) is 11.5 Å². The van der Waals surface area contributed by atoms with Crippen molar-refractivity contribution in [2.75, 3.05) is 13.7 Å². The average Bonchev–Trinajstić information content (AvgIpc) is 2.52. The molecule has 2 aromatic rings. The summed E-state index contributed by atoms with van der Waals surface area (Å²) >= 11 is 0. The summed E-state index contributed by atoms with van der Waals surface area (Å²) in [4.78, 5) is 23.1. The lowest BCUT2D eigenvalue weighted by Gasteiger charge is -2.06. The number of carbonyl (C=O) groups excluding carboxylic acids is 2. The molecule has 0 saturated heterocycles. The van der Waals surface area contributed by atoms with Gasteiger partial charge in [0, 0.05) is 11.1 Å². The Morgan fingerprint density at radius 3 is 2.38 bits per heavy atom. The van der Waals surface area contributed by atoms with E-state index >= 15 is 0 Å². The van der Waals surface area contributed by atoms with Crippen LogP contribution in [0.3, 0.4) is 0 Å². The van der Waals surface area contributed by atoms with Crippen LogP contribution in [-0.4, -0.2) is 30.6 Å². The van der Waals surface area contributed by atoms with E-state index in [1.807, 2.05) is 0 Å². The van der Waals surface area contributed by atoms with Crippen LogP contribution in [0.2, 0.25) is 0 Å². The van der Waals surface area contributed by atoms with Crippen LogP contribution in [-0.2, 0) is 9.53 Å². The predicted molar refractivity (Wildman–Crippen MR) is 75.5 cm³/mol. The molecule has 0 aliphatic carbocycles. The molecule has 0 aliphatic heterocycles. The first-order valence-electron chi connectivity index (χ1n) is 6.23. The Balaban J connectivity index is 2.08. The topological polar surface area (TPSA) is 72.8 Å². The molecule has 2 aromatic carbocycles. The summed E-state index contributed by atoms with van der Waals surface area (Å²) in [5, 5.41) is 9.38. The molecule has 5 nitrogen and oxygen atoms in total. The van der Waals surface area contributed by atoms with Crippen molar-refractivity contribution in [1.82, 2.24) is 0 Å². The van der Waals surface area contributed by atoms with E-state index in [4.69, 9.17) is 4.74 Å². The van der Waals surface area contributed by atoms with Gasteiger partial charge in [0.05, 0.1) is 7.11 Å². The van der Waals surface area contributed by atoms with Crippen LogP contribution >= 0.6 is 0 Å². The highest BCUT2D eigenvalue weighted by Crippen LogP contribution is 2.18. The van der Waals surface area contributed by atoms with Gasteiger partial charge in [-0.05, 0) is 36.4 Å². The summed E-state index contributed by atoms with van der Waals surface area (Å²) in [6.45, 7) is -0.184. The zero-order valence-corrected chi connectivity index (χ0v) is 11.4. The average molecular weight is 286 g/mol. The SMILES string of the molecule is COC(=O)COc1ccc(C(=O)c2cccc(O)c2)cc1. The van der Waals surface area contributed by atoms with Gasteiger partial charge in [0.1, 0.15) is 11.5 Å². The van der Waals surface area contributed by atoms with Crippen LogP contribution in [0.25, 0.3) is 0 Å². The van der Waals surface area contributed by atoms with Gasteiger partial charge < -0.3 is 14.6 Å². The lowest BCUT2D eigenvalue weighted by Crippen LogP contribution is -2.12. The van der Waals surface area contributed by atoms with E-state index in [-0.39, 0.29) is 18.1 Å². The number of hydrogen-bond acceptors (Lipinski definition) is 5. The first-order valence-corrected chi connectivity index (χ1v) is 6.23. The highest BCUT2D eigenvalue weighted by atomic mass is 16.6. The number of hydrogen-bond donors (Lipinski definition) is 1. The van der Waals surface area contributed by atoms with Gasteiger partial charge in [0.15, 0.2) is 12.4 Å². The Hall–Kier alpha value is -2.82.